The van der Waals surface area contributed by atoms with E-state index in [-0.39, 0.29) is 35.2 Å². The normalized spacial score (nSPS) is 17.5. The number of hydrogen-bond acceptors (Lipinski definition) is 2. The largest absolute Gasteiger partial charge is 0.355 e. The molecule has 0 aliphatic carbocycles. The molecule has 1 saturated heterocycles. The van der Waals surface area contributed by atoms with E-state index in [1.165, 1.54) is 11.6 Å². The van der Waals surface area contributed by atoms with E-state index in [1.54, 1.807) is 12.1 Å². The Balaban J connectivity index is 0.00000280. The van der Waals surface area contributed by atoms with Gasteiger partial charge in [-0.25, -0.2) is 4.39 Å². The highest BCUT2D eigenvalue weighted by Gasteiger charge is 2.27. The molecule has 28 heavy (non-hydrogen) atoms. The number of benzene rings is 1. The number of halogens is 2. The van der Waals surface area contributed by atoms with Gasteiger partial charge < -0.3 is 10.2 Å². The number of aliphatic imine (C=N–C) groups is 1. The smallest absolute Gasteiger partial charge is 0.193 e. The number of rotatable bonds is 5. The molecule has 2 aromatic rings. The Morgan fingerprint density at radius 3 is 2.82 bits per heavy atom. The first kappa shape index (κ1) is 22.6. The molecular formula is C21H31FIN5. The highest BCUT2D eigenvalue weighted by atomic mass is 127. The van der Waals surface area contributed by atoms with Gasteiger partial charge in [0.2, 0.25) is 0 Å². The van der Waals surface area contributed by atoms with Crippen LogP contribution in [0, 0.1) is 11.7 Å². The summed E-state index contributed by atoms with van der Waals surface area (Å²) in [7, 11) is 3.78. The second kappa shape index (κ2) is 9.71. The van der Waals surface area contributed by atoms with E-state index in [0.717, 1.165) is 37.5 Å². The van der Waals surface area contributed by atoms with E-state index in [2.05, 4.69) is 40.4 Å². The van der Waals surface area contributed by atoms with Gasteiger partial charge in [-0.1, -0.05) is 26.0 Å². The SMILES string of the molecule is CN=C(NCC(C)(C)c1cccc(F)c1)N1CCC(Cc2cnn(C)c2)C1.I. The molecule has 0 amide bonds. The zero-order valence-electron chi connectivity index (χ0n) is 17.2. The Bertz CT molecular complexity index is 802. The van der Waals surface area contributed by atoms with Gasteiger partial charge in [0.05, 0.1) is 6.20 Å². The molecule has 3 rings (SSSR count). The molecule has 154 valence electrons. The Labute approximate surface area is 184 Å². The zero-order chi connectivity index (χ0) is 19.4. The lowest BCUT2D eigenvalue weighted by atomic mass is 9.84. The van der Waals surface area contributed by atoms with Crippen molar-refractivity contribution in [3.05, 3.63) is 53.6 Å². The van der Waals surface area contributed by atoms with Gasteiger partial charge in [0.25, 0.3) is 0 Å². The molecule has 1 aliphatic rings. The van der Waals surface area contributed by atoms with Gasteiger partial charge in [-0.3, -0.25) is 9.67 Å². The fraction of sp³-hybridized carbons (Fsp3) is 0.524. The predicted octanol–water partition coefficient (Wildman–Crippen LogP) is 3.59. The highest BCUT2D eigenvalue weighted by Crippen LogP contribution is 2.24. The highest BCUT2D eigenvalue weighted by molar-refractivity contribution is 14.0. The van der Waals surface area contributed by atoms with E-state index >= 15 is 0 Å². The van der Waals surface area contributed by atoms with Crippen LogP contribution in [0.1, 0.15) is 31.4 Å². The summed E-state index contributed by atoms with van der Waals surface area (Å²) in [5, 5.41) is 7.76. The average molecular weight is 499 g/mol. The standard InChI is InChI=1S/C21H30FN5.HI/c1-21(2,18-6-5-7-19(22)11-18)15-24-20(23-3)27-9-8-16(14-27)10-17-12-25-26(4)13-17;/h5-7,11-13,16H,8-10,14-15H2,1-4H3,(H,23,24);1H. The van der Waals surface area contributed by atoms with Crippen molar-refractivity contribution in [1.29, 1.82) is 0 Å². The third kappa shape index (κ3) is 5.68. The van der Waals surface area contributed by atoms with Crippen molar-refractivity contribution in [1.82, 2.24) is 20.0 Å². The number of hydrogen-bond donors (Lipinski definition) is 1. The van der Waals surface area contributed by atoms with Crippen LogP contribution in [-0.2, 0) is 18.9 Å². The fourth-order valence-electron chi connectivity index (χ4n) is 3.75. The summed E-state index contributed by atoms with van der Waals surface area (Å²) in [6, 6.07) is 6.85. The van der Waals surface area contributed by atoms with Crippen LogP contribution in [0.2, 0.25) is 0 Å². The summed E-state index contributed by atoms with van der Waals surface area (Å²) < 4.78 is 15.4. The topological polar surface area (TPSA) is 45.5 Å². The molecule has 0 saturated carbocycles. The van der Waals surface area contributed by atoms with E-state index in [4.69, 9.17) is 0 Å². The monoisotopic (exact) mass is 499 g/mol. The van der Waals surface area contributed by atoms with Gasteiger partial charge in [0.1, 0.15) is 5.82 Å². The molecule has 5 nitrogen and oxygen atoms in total. The number of guanidine groups is 1. The van der Waals surface area contributed by atoms with Crippen molar-refractivity contribution in [3.63, 3.8) is 0 Å². The zero-order valence-corrected chi connectivity index (χ0v) is 19.5. The Morgan fingerprint density at radius 1 is 1.39 bits per heavy atom. The van der Waals surface area contributed by atoms with Gasteiger partial charge in [-0.05, 0) is 42.0 Å². The minimum absolute atomic E-state index is 0. The van der Waals surface area contributed by atoms with Crippen LogP contribution in [-0.4, -0.2) is 47.3 Å². The van der Waals surface area contributed by atoms with Crippen molar-refractivity contribution in [2.45, 2.75) is 32.1 Å². The molecule has 0 bridgehead atoms. The third-order valence-corrected chi connectivity index (χ3v) is 5.37. The van der Waals surface area contributed by atoms with E-state index < -0.39 is 0 Å². The van der Waals surface area contributed by atoms with Crippen molar-refractivity contribution < 1.29 is 4.39 Å². The van der Waals surface area contributed by atoms with Gasteiger partial charge in [-0.2, -0.15) is 5.10 Å². The number of aromatic nitrogens is 2. The van der Waals surface area contributed by atoms with Gasteiger partial charge in [0.15, 0.2) is 5.96 Å². The predicted molar refractivity (Wildman–Crippen MR) is 123 cm³/mol. The maximum absolute atomic E-state index is 13.6. The van der Waals surface area contributed by atoms with Crippen LogP contribution in [0.3, 0.4) is 0 Å². The molecule has 7 heteroatoms. The first-order chi connectivity index (χ1) is 12.9. The van der Waals surface area contributed by atoms with Gasteiger partial charge in [0, 0.05) is 45.3 Å². The second-order valence-electron chi connectivity index (χ2n) is 8.12. The van der Waals surface area contributed by atoms with Crippen molar-refractivity contribution in [2.75, 3.05) is 26.7 Å². The molecule has 1 N–H and O–H groups in total. The van der Waals surface area contributed by atoms with E-state index in [0.29, 0.717) is 12.5 Å². The summed E-state index contributed by atoms with van der Waals surface area (Å²) in [6.45, 7) is 6.95. The number of nitrogens with one attached hydrogen (secondary N) is 1. The summed E-state index contributed by atoms with van der Waals surface area (Å²) in [5.41, 5.74) is 2.09. The molecule has 0 radical (unpaired) electrons. The van der Waals surface area contributed by atoms with Crippen LogP contribution >= 0.6 is 24.0 Å². The summed E-state index contributed by atoms with van der Waals surface area (Å²) in [5.74, 6) is 1.35. The third-order valence-electron chi connectivity index (χ3n) is 5.37. The van der Waals surface area contributed by atoms with Crippen LogP contribution in [0.4, 0.5) is 4.39 Å². The molecule has 1 atom stereocenters. The van der Waals surface area contributed by atoms with Gasteiger partial charge in [-0.15, -0.1) is 24.0 Å². The van der Waals surface area contributed by atoms with Crippen LogP contribution in [0.15, 0.2) is 41.7 Å². The van der Waals surface area contributed by atoms with E-state index in [1.807, 2.05) is 31.0 Å². The lowest BCUT2D eigenvalue weighted by Crippen LogP contribution is -2.45. The minimum atomic E-state index is -0.192. The minimum Gasteiger partial charge on any atom is -0.355 e. The molecule has 1 unspecified atom stereocenters. The van der Waals surface area contributed by atoms with Crippen molar-refractivity contribution in [3.8, 4) is 0 Å². The lowest BCUT2D eigenvalue weighted by Gasteiger charge is -2.29. The first-order valence-electron chi connectivity index (χ1n) is 9.56. The summed E-state index contributed by atoms with van der Waals surface area (Å²) >= 11 is 0. The molecule has 1 aliphatic heterocycles. The Hall–Kier alpha value is -1.64. The van der Waals surface area contributed by atoms with Crippen molar-refractivity contribution >= 4 is 29.9 Å². The molecular weight excluding hydrogens is 468 g/mol. The lowest BCUT2D eigenvalue weighted by molar-refractivity contribution is 0.439. The molecule has 2 heterocycles. The van der Waals surface area contributed by atoms with Crippen LogP contribution in [0.25, 0.3) is 0 Å². The average Bonchev–Trinajstić information content (AvgIpc) is 3.25. The fourth-order valence-corrected chi connectivity index (χ4v) is 3.75. The maximum Gasteiger partial charge on any atom is 0.193 e. The Kier molecular flexibility index (Phi) is 7.86. The number of likely N-dealkylation sites (tertiary alicyclic amines) is 1. The molecule has 1 fully saturated rings. The van der Waals surface area contributed by atoms with Crippen LogP contribution < -0.4 is 5.32 Å². The molecule has 0 spiro atoms. The molecule has 1 aromatic carbocycles. The summed E-state index contributed by atoms with van der Waals surface area (Å²) in [4.78, 5) is 6.79. The number of nitrogens with zero attached hydrogens (tertiary/aromatic N) is 4. The quantitative estimate of drug-likeness (QED) is 0.389. The maximum atomic E-state index is 13.6. The van der Waals surface area contributed by atoms with Crippen LogP contribution in [0.5, 0.6) is 0 Å². The summed E-state index contributed by atoms with van der Waals surface area (Å²) in [6.07, 6.45) is 6.26. The van der Waals surface area contributed by atoms with E-state index in [9.17, 15) is 4.39 Å². The van der Waals surface area contributed by atoms with Crippen molar-refractivity contribution in [2.24, 2.45) is 18.0 Å². The second-order valence-corrected chi connectivity index (χ2v) is 8.12. The molecule has 1 aromatic heterocycles. The van der Waals surface area contributed by atoms with Gasteiger partial charge >= 0.3 is 0 Å². The Morgan fingerprint density at radius 2 is 2.18 bits per heavy atom. The number of aryl methyl sites for hydroxylation is 1. The first-order valence-corrected chi connectivity index (χ1v) is 9.56.